The third-order valence-corrected chi connectivity index (χ3v) is 4.46. The summed E-state index contributed by atoms with van der Waals surface area (Å²) >= 11 is 0. The molecule has 0 unspecified atom stereocenters. The minimum atomic E-state index is -0.190. The second-order valence-electron chi connectivity index (χ2n) is 4.79. The predicted octanol–water partition coefficient (Wildman–Crippen LogP) is 0.774. The van der Waals surface area contributed by atoms with Crippen molar-refractivity contribution in [3.63, 3.8) is 0 Å². The van der Waals surface area contributed by atoms with Gasteiger partial charge in [0.2, 0.25) is 0 Å². The van der Waals surface area contributed by atoms with Gasteiger partial charge in [-0.15, -0.1) is 0 Å². The fourth-order valence-corrected chi connectivity index (χ4v) is 4.08. The normalized spacial score (nSPS) is 62.5. The summed E-state index contributed by atoms with van der Waals surface area (Å²) in [6, 6.07) is 0. The summed E-state index contributed by atoms with van der Waals surface area (Å²) in [7, 11) is 0. The molecule has 0 saturated heterocycles. The molecule has 2 heteroatoms. The van der Waals surface area contributed by atoms with Crippen molar-refractivity contribution >= 4 is 0 Å². The molecule has 2 bridgehead atoms. The van der Waals surface area contributed by atoms with Gasteiger partial charge in [0.05, 0.1) is 12.2 Å². The molecule has 0 spiro atoms. The van der Waals surface area contributed by atoms with Crippen LogP contribution in [0.2, 0.25) is 0 Å². The first-order chi connectivity index (χ1) is 5.79. The molecule has 68 valence electrons. The number of hydrogen-bond acceptors (Lipinski definition) is 2. The molecule has 12 heavy (non-hydrogen) atoms. The van der Waals surface area contributed by atoms with Crippen molar-refractivity contribution in [3.05, 3.63) is 0 Å². The smallest absolute Gasteiger partial charge is 0.0627 e. The standard InChI is InChI=1S/C10H16O2/c11-8-4-7-5-2-1-3-6(5)9(8)10(7)12/h5-12H,1-4H2/t5-,6+,7-,8+,9-,10-/m0/s1. The van der Waals surface area contributed by atoms with E-state index in [0.29, 0.717) is 11.8 Å². The van der Waals surface area contributed by atoms with Crippen LogP contribution in [0.1, 0.15) is 25.7 Å². The highest BCUT2D eigenvalue weighted by molar-refractivity contribution is 5.08. The van der Waals surface area contributed by atoms with E-state index in [1.54, 1.807) is 0 Å². The van der Waals surface area contributed by atoms with E-state index < -0.39 is 0 Å². The van der Waals surface area contributed by atoms with Crippen LogP contribution in [0.3, 0.4) is 0 Å². The van der Waals surface area contributed by atoms with Gasteiger partial charge in [0.1, 0.15) is 0 Å². The molecule has 6 atom stereocenters. The van der Waals surface area contributed by atoms with Crippen LogP contribution in [0.25, 0.3) is 0 Å². The molecule has 2 nitrogen and oxygen atoms in total. The Morgan fingerprint density at radius 3 is 2.50 bits per heavy atom. The van der Waals surface area contributed by atoms with Crippen LogP contribution in [0.15, 0.2) is 0 Å². The van der Waals surface area contributed by atoms with Crippen molar-refractivity contribution < 1.29 is 10.2 Å². The van der Waals surface area contributed by atoms with E-state index in [-0.39, 0.29) is 18.1 Å². The van der Waals surface area contributed by atoms with Crippen molar-refractivity contribution in [3.8, 4) is 0 Å². The van der Waals surface area contributed by atoms with Crippen LogP contribution < -0.4 is 0 Å². The molecular weight excluding hydrogens is 152 g/mol. The van der Waals surface area contributed by atoms with E-state index in [1.165, 1.54) is 19.3 Å². The molecule has 0 aromatic heterocycles. The molecule has 0 aromatic rings. The van der Waals surface area contributed by atoms with Gasteiger partial charge in [-0.2, -0.15) is 0 Å². The van der Waals surface area contributed by atoms with Crippen LogP contribution >= 0.6 is 0 Å². The molecule has 0 aliphatic heterocycles. The third kappa shape index (κ3) is 0.686. The number of aliphatic hydroxyl groups excluding tert-OH is 2. The first-order valence-electron chi connectivity index (χ1n) is 5.15. The maximum absolute atomic E-state index is 9.84. The first kappa shape index (κ1) is 7.34. The number of rotatable bonds is 0. The second-order valence-corrected chi connectivity index (χ2v) is 4.79. The molecule has 3 rings (SSSR count). The highest BCUT2D eigenvalue weighted by atomic mass is 16.3. The van der Waals surface area contributed by atoms with Gasteiger partial charge in [-0.1, -0.05) is 6.42 Å². The number of fused-ring (bicyclic) bond motifs is 5. The van der Waals surface area contributed by atoms with Crippen molar-refractivity contribution in [1.29, 1.82) is 0 Å². The molecule has 3 aliphatic rings. The van der Waals surface area contributed by atoms with E-state index in [4.69, 9.17) is 0 Å². The van der Waals surface area contributed by atoms with Crippen LogP contribution in [0, 0.1) is 23.7 Å². The second kappa shape index (κ2) is 2.24. The summed E-state index contributed by atoms with van der Waals surface area (Å²) in [5.41, 5.74) is 0. The Bertz CT molecular complexity index is 202. The monoisotopic (exact) mass is 168 g/mol. The van der Waals surface area contributed by atoms with Crippen molar-refractivity contribution in [2.24, 2.45) is 23.7 Å². The molecule has 0 aromatic carbocycles. The Labute approximate surface area is 72.6 Å². The Hall–Kier alpha value is -0.0800. The molecule has 0 heterocycles. The summed E-state index contributed by atoms with van der Waals surface area (Å²) in [5, 5.41) is 19.5. The van der Waals surface area contributed by atoms with Crippen LogP contribution in [0.5, 0.6) is 0 Å². The fraction of sp³-hybridized carbons (Fsp3) is 1.00. The Morgan fingerprint density at radius 2 is 1.67 bits per heavy atom. The summed E-state index contributed by atoms with van der Waals surface area (Å²) in [5.74, 6) is 2.10. The average Bonchev–Trinajstić information content (AvgIpc) is 2.61. The Kier molecular flexibility index (Phi) is 1.37. The third-order valence-electron chi connectivity index (χ3n) is 4.46. The molecule has 3 fully saturated rings. The van der Waals surface area contributed by atoms with Crippen LogP contribution in [-0.2, 0) is 0 Å². The van der Waals surface area contributed by atoms with Gasteiger partial charge in [0.15, 0.2) is 0 Å². The highest BCUT2D eigenvalue weighted by Crippen LogP contribution is 2.58. The van der Waals surface area contributed by atoms with E-state index >= 15 is 0 Å². The van der Waals surface area contributed by atoms with Crippen LogP contribution in [0.4, 0.5) is 0 Å². The molecule has 3 aliphatic carbocycles. The van der Waals surface area contributed by atoms with Crippen molar-refractivity contribution in [2.75, 3.05) is 0 Å². The maximum Gasteiger partial charge on any atom is 0.0627 e. The molecule has 3 saturated carbocycles. The van der Waals surface area contributed by atoms with Gasteiger partial charge in [0, 0.05) is 5.92 Å². The topological polar surface area (TPSA) is 40.5 Å². The quantitative estimate of drug-likeness (QED) is 0.561. The van der Waals surface area contributed by atoms with Gasteiger partial charge < -0.3 is 10.2 Å². The Morgan fingerprint density at radius 1 is 0.917 bits per heavy atom. The number of aliphatic hydroxyl groups is 2. The maximum atomic E-state index is 9.84. The average molecular weight is 168 g/mol. The van der Waals surface area contributed by atoms with Gasteiger partial charge >= 0.3 is 0 Å². The molecule has 0 radical (unpaired) electrons. The highest BCUT2D eigenvalue weighted by Gasteiger charge is 2.59. The predicted molar refractivity (Wildman–Crippen MR) is 44.4 cm³/mol. The summed E-state index contributed by atoms with van der Waals surface area (Å²) < 4.78 is 0. The Balaban J connectivity index is 1.94. The molecule has 2 N–H and O–H groups in total. The van der Waals surface area contributed by atoms with Gasteiger partial charge in [-0.25, -0.2) is 0 Å². The van der Waals surface area contributed by atoms with Gasteiger partial charge in [-0.05, 0) is 37.0 Å². The lowest BCUT2D eigenvalue weighted by molar-refractivity contribution is 0.0427. The van der Waals surface area contributed by atoms with E-state index in [9.17, 15) is 10.2 Å². The van der Waals surface area contributed by atoms with Crippen LogP contribution in [-0.4, -0.2) is 22.4 Å². The van der Waals surface area contributed by atoms with E-state index in [0.717, 1.165) is 12.3 Å². The summed E-state index contributed by atoms with van der Waals surface area (Å²) in [6.45, 7) is 0. The zero-order valence-electron chi connectivity index (χ0n) is 7.19. The zero-order chi connectivity index (χ0) is 8.29. The number of hydrogen-bond donors (Lipinski definition) is 2. The lowest BCUT2D eigenvalue weighted by Crippen LogP contribution is -2.28. The largest absolute Gasteiger partial charge is 0.393 e. The first-order valence-corrected chi connectivity index (χ1v) is 5.15. The lowest BCUT2D eigenvalue weighted by Gasteiger charge is -2.27. The van der Waals surface area contributed by atoms with E-state index in [1.807, 2.05) is 0 Å². The van der Waals surface area contributed by atoms with Crippen molar-refractivity contribution in [2.45, 2.75) is 37.9 Å². The van der Waals surface area contributed by atoms with Crippen molar-refractivity contribution in [1.82, 2.24) is 0 Å². The van der Waals surface area contributed by atoms with Gasteiger partial charge in [0.25, 0.3) is 0 Å². The zero-order valence-corrected chi connectivity index (χ0v) is 7.19. The summed E-state index contributed by atoms with van der Waals surface area (Å²) in [6.07, 6.45) is 4.38. The van der Waals surface area contributed by atoms with Gasteiger partial charge in [-0.3, -0.25) is 0 Å². The van der Waals surface area contributed by atoms with E-state index in [2.05, 4.69) is 0 Å². The fourth-order valence-electron chi connectivity index (χ4n) is 4.08. The molecular formula is C10H16O2. The minimum absolute atomic E-state index is 0.171. The summed E-state index contributed by atoms with van der Waals surface area (Å²) in [4.78, 5) is 0. The minimum Gasteiger partial charge on any atom is -0.393 e. The molecule has 0 amide bonds. The lowest BCUT2D eigenvalue weighted by atomic mass is 9.80. The SMILES string of the molecule is O[C@H]1[C@H]2C[C@@H](O)[C@@H]1[C@@H]1CCC[C@H]21.